The van der Waals surface area contributed by atoms with E-state index < -0.39 is 0 Å². The van der Waals surface area contributed by atoms with E-state index in [0.717, 1.165) is 12.2 Å². The van der Waals surface area contributed by atoms with Crippen LogP contribution in [-0.2, 0) is 0 Å². The van der Waals surface area contributed by atoms with Crippen molar-refractivity contribution >= 4 is 0 Å². The van der Waals surface area contributed by atoms with E-state index in [-0.39, 0.29) is 0 Å². The maximum Gasteiger partial charge on any atom is 0.107 e. The Balaban J connectivity index is 0.000000371. The van der Waals surface area contributed by atoms with Crippen molar-refractivity contribution in [3.05, 3.63) is 37.5 Å². The van der Waals surface area contributed by atoms with Gasteiger partial charge in [0, 0.05) is 6.42 Å². The highest BCUT2D eigenvalue weighted by Gasteiger charge is 1.89. The summed E-state index contributed by atoms with van der Waals surface area (Å²) in [5.41, 5.74) is 0. The number of hydrogen-bond acceptors (Lipinski definition) is 1. The van der Waals surface area contributed by atoms with E-state index in [0.29, 0.717) is 0 Å². The normalized spacial score (nSPS) is 8.30. The first-order valence-corrected chi connectivity index (χ1v) is 3.51. The summed E-state index contributed by atoms with van der Waals surface area (Å²) in [6.07, 6.45) is 4.76. The Morgan fingerprint density at radius 1 is 1.60 bits per heavy atom. The highest BCUT2D eigenvalue weighted by molar-refractivity contribution is 5.07. The van der Waals surface area contributed by atoms with Crippen LogP contribution >= 0.6 is 0 Å². The predicted octanol–water partition coefficient (Wildman–Crippen LogP) is 3.08. The summed E-state index contributed by atoms with van der Waals surface area (Å²) in [4.78, 5) is 0. The Morgan fingerprint density at radius 3 is 2.70 bits per heavy atom. The van der Waals surface area contributed by atoms with Gasteiger partial charge in [0.05, 0.1) is 6.26 Å². The van der Waals surface area contributed by atoms with E-state index in [1.54, 1.807) is 13.2 Å². The lowest BCUT2D eigenvalue weighted by atomic mass is 10.3. The average Bonchev–Trinajstić information content (AvgIpc) is 2.46. The van der Waals surface area contributed by atoms with Crippen LogP contribution in [0.1, 0.15) is 26.0 Å². The maximum atomic E-state index is 5.02. The van der Waals surface area contributed by atoms with Gasteiger partial charge in [0.1, 0.15) is 5.76 Å². The molecule has 0 N–H and O–H groups in total. The number of rotatable bonds is 2. The van der Waals surface area contributed by atoms with Crippen molar-refractivity contribution in [2.45, 2.75) is 20.3 Å². The van der Waals surface area contributed by atoms with Gasteiger partial charge in [-0.05, 0) is 18.6 Å². The largest absolute Gasteiger partial charge is 0.469 e. The smallest absolute Gasteiger partial charge is 0.107 e. The van der Waals surface area contributed by atoms with Gasteiger partial charge in [0.25, 0.3) is 0 Å². The molecule has 1 aromatic rings. The molecule has 0 spiro atoms. The molecule has 2 radical (unpaired) electrons. The molecule has 1 aromatic heterocycles. The van der Waals surface area contributed by atoms with Gasteiger partial charge >= 0.3 is 0 Å². The fraction of sp³-hybridized carbons (Fsp3) is 0.333. The lowest BCUT2D eigenvalue weighted by Gasteiger charge is -1.85. The fourth-order valence-corrected chi connectivity index (χ4v) is 0.609. The molecule has 1 rings (SSSR count). The first kappa shape index (κ1) is 9.28. The zero-order valence-corrected chi connectivity index (χ0v) is 6.63. The molecule has 0 aliphatic heterocycles. The van der Waals surface area contributed by atoms with Crippen LogP contribution in [0.5, 0.6) is 0 Å². The molecule has 0 unspecified atom stereocenters. The van der Waals surface area contributed by atoms with Crippen LogP contribution in [0.15, 0.2) is 22.8 Å². The Morgan fingerprint density at radius 2 is 2.30 bits per heavy atom. The lowest BCUT2D eigenvalue weighted by Crippen LogP contribution is -1.69. The molecular weight excluding hydrogens is 124 g/mol. The predicted molar refractivity (Wildman–Crippen MR) is 43.4 cm³/mol. The highest BCUT2D eigenvalue weighted by atomic mass is 16.3. The van der Waals surface area contributed by atoms with Gasteiger partial charge in [-0.15, -0.1) is 0 Å². The van der Waals surface area contributed by atoms with Gasteiger partial charge in [-0.2, -0.15) is 0 Å². The zero-order chi connectivity index (χ0) is 7.82. The first-order chi connectivity index (χ1) is 4.93. The minimum absolute atomic E-state index is 0.965. The van der Waals surface area contributed by atoms with Gasteiger partial charge in [-0.3, -0.25) is 0 Å². The summed E-state index contributed by atoms with van der Waals surface area (Å²) in [5.74, 6) is 0.965. The lowest BCUT2D eigenvalue weighted by molar-refractivity contribution is 0.536. The third-order valence-corrected chi connectivity index (χ3v) is 0.948. The molecule has 0 bridgehead atoms. The first-order valence-electron chi connectivity index (χ1n) is 3.51. The Kier molecular flexibility index (Phi) is 5.94. The third-order valence-electron chi connectivity index (χ3n) is 0.948. The van der Waals surface area contributed by atoms with Crippen molar-refractivity contribution < 1.29 is 4.42 Å². The topological polar surface area (TPSA) is 13.1 Å². The quantitative estimate of drug-likeness (QED) is 0.612. The van der Waals surface area contributed by atoms with Gasteiger partial charge in [-0.25, -0.2) is 0 Å². The van der Waals surface area contributed by atoms with Gasteiger partial charge in [0.2, 0.25) is 0 Å². The van der Waals surface area contributed by atoms with Crippen molar-refractivity contribution in [2.24, 2.45) is 0 Å². The summed E-state index contributed by atoms with van der Waals surface area (Å²) in [7, 11) is 0. The van der Waals surface area contributed by atoms with Crippen molar-refractivity contribution in [3.63, 3.8) is 0 Å². The molecule has 1 nitrogen and oxygen atoms in total. The molecular formula is C9H14O. The third kappa shape index (κ3) is 3.33. The molecule has 1 heterocycles. The average molecular weight is 138 g/mol. The van der Waals surface area contributed by atoms with E-state index in [1.807, 2.05) is 18.6 Å². The molecule has 0 aromatic carbocycles. The minimum Gasteiger partial charge on any atom is -0.469 e. The van der Waals surface area contributed by atoms with Crippen molar-refractivity contribution in [2.75, 3.05) is 0 Å². The van der Waals surface area contributed by atoms with Gasteiger partial charge in [0.15, 0.2) is 0 Å². The van der Waals surface area contributed by atoms with Crippen molar-refractivity contribution in [1.82, 2.24) is 0 Å². The second-order valence-corrected chi connectivity index (χ2v) is 1.63. The molecule has 56 valence electrons. The molecule has 0 amide bonds. The second-order valence-electron chi connectivity index (χ2n) is 1.63. The standard InChI is InChI=1S/C7H9O.C2H5/c1-2-4-7-5-3-6-8-7;1-2/h3-6H,2H2,1H3;1H2,2H3. The zero-order valence-electron chi connectivity index (χ0n) is 6.63. The number of furan rings is 1. The Labute approximate surface area is 63.1 Å². The van der Waals surface area contributed by atoms with Crippen LogP contribution in [-0.4, -0.2) is 0 Å². The van der Waals surface area contributed by atoms with Crippen LogP contribution in [0.3, 0.4) is 0 Å². The summed E-state index contributed by atoms with van der Waals surface area (Å²) in [5, 5.41) is 0. The molecule has 0 saturated carbocycles. The molecule has 0 atom stereocenters. The van der Waals surface area contributed by atoms with Crippen LogP contribution in [0.2, 0.25) is 0 Å². The number of hydrogen-bond donors (Lipinski definition) is 0. The van der Waals surface area contributed by atoms with Crippen LogP contribution < -0.4 is 0 Å². The second kappa shape index (κ2) is 6.40. The SMILES string of the molecule is CC[CH]c1ccco1.[CH2]C. The Hall–Kier alpha value is -0.720. The van der Waals surface area contributed by atoms with Crippen LogP contribution in [0.25, 0.3) is 0 Å². The molecule has 1 heteroatoms. The summed E-state index contributed by atoms with van der Waals surface area (Å²) in [6, 6.07) is 3.84. The van der Waals surface area contributed by atoms with E-state index in [4.69, 9.17) is 4.42 Å². The summed E-state index contributed by atoms with van der Waals surface area (Å²) < 4.78 is 5.02. The minimum atomic E-state index is 0.965. The van der Waals surface area contributed by atoms with E-state index in [9.17, 15) is 0 Å². The molecule has 0 saturated heterocycles. The monoisotopic (exact) mass is 138 g/mol. The van der Waals surface area contributed by atoms with E-state index >= 15 is 0 Å². The van der Waals surface area contributed by atoms with Crippen molar-refractivity contribution in [3.8, 4) is 0 Å². The highest BCUT2D eigenvalue weighted by Crippen LogP contribution is 2.04. The Bertz CT molecular complexity index is 130. The van der Waals surface area contributed by atoms with E-state index in [2.05, 4.69) is 13.8 Å². The molecule has 10 heavy (non-hydrogen) atoms. The molecule has 0 fully saturated rings. The van der Waals surface area contributed by atoms with Gasteiger partial charge in [-0.1, -0.05) is 20.8 Å². The fourth-order valence-electron chi connectivity index (χ4n) is 0.609. The van der Waals surface area contributed by atoms with Crippen LogP contribution in [0, 0.1) is 13.3 Å². The van der Waals surface area contributed by atoms with Gasteiger partial charge < -0.3 is 4.42 Å². The summed E-state index contributed by atoms with van der Waals surface area (Å²) >= 11 is 0. The van der Waals surface area contributed by atoms with E-state index in [1.165, 1.54) is 0 Å². The molecule has 0 aliphatic carbocycles. The maximum absolute atomic E-state index is 5.02. The summed E-state index contributed by atoms with van der Waals surface area (Å²) in [6.45, 7) is 7.09. The molecule has 0 aliphatic rings. The van der Waals surface area contributed by atoms with Crippen LogP contribution in [0.4, 0.5) is 0 Å². The van der Waals surface area contributed by atoms with Crippen molar-refractivity contribution in [1.29, 1.82) is 0 Å².